The minimum absolute atomic E-state index is 0.335. The lowest BCUT2D eigenvalue weighted by Gasteiger charge is -2.09. The summed E-state index contributed by atoms with van der Waals surface area (Å²) in [5.74, 6) is -1.42. The van der Waals surface area contributed by atoms with E-state index >= 15 is 0 Å². The molecule has 0 spiro atoms. The molecule has 22 heavy (non-hydrogen) atoms. The number of hydrogen-bond donors (Lipinski definition) is 2. The summed E-state index contributed by atoms with van der Waals surface area (Å²) in [6.45, 7) is -1.93. The maximum absolute atomic E-state index is 11.9. The predicted octanol–water partition coefficient (Wildman–Crippen LogP) is 2.25. The molecule has 0 fully saturated rings. The Morgan fingerprint density at radius 1 is 0.955 bits per heavy atom. The van der Waals surface area contributed by atoms with Crippen LogP contribution in [0.3, 0.4) is 0 Å². The third-order valence-corrected chi connectivity index (χ3v) is 2.91. The Bertz CT molecular complexity index is 698. The second-order valence-electron chi connectivity index (χ2n) is 4.64. The highest BCUT2D eigenvalue weighted by Gasteiger charge is 2.27. The molecule has 116 valence electrons. The summed E-state index contributed by atoms with van der Waals surface area (Å²) in [4.78, 5) is 23.1. The second-order valence-corrected chi connectivity index (χ2v) is 4.64. The Balaban J connectivity index is 1.92. The molecule has 0 unspecified atom stereocenters. The maximum Gasteiger partial charge on any atom is 0.405 e. The van der Waals surface area contributed by atoms with E-state index in [0.717, 1.165) is 10.8 Å². The van der Waals surface area contributed by atoms with Crippen molar-refractivity contribution in [2.24, 2.45) is 0 Å². The van der Waals surface area contributed by atoms with E-state index in [0.29, 0.717) is 5.56 Å². The van der Waals surface area contributed by atoms with E-state index in [9.17, 15) is 22.8 Å². The van der Waals surface area contributed by atoms with E-state index in [1.165, 1.54) is 0 Å². The molecule has 0 saturated heterocycles. The van der Waals surface area contributed by atoms with Crippen LogP contribution in [0.15, 0.2) is 42.5 Å². The van der Waals surface area contributed by atoms with E-state index in [-0.39, 0.29) is 0 Å². The van der Waals surface area contributed by atoms with Crippen molar-refractivity contribution in [3.05, 3.63) is 48.0 Å². The molecule has 0 aliphatic heterocycles. The number of carbonyl (C=O) groups excluding carboxylic acids is 2. The van der Waals surface area contributed by atoms with Crippen LogP contribution >= 0.6 is 0 Å². The largest absolute Gasteiger partial charge is 0.405 e. The third-order valence-electron chi connectivity index (χ3n) is 2.91. The van der Waals surface area contributed by atoms with Gasteiger partial charge in [0.2, 0.25) is 5.91 Å². The van der Waals surface area contributed by atoms with Gasteiger partial charge in [-0.25, -0.2) is 0 Å². The molecule has 0 heterocycles. The Morgan fingerprint density at radius 2 is 1.64 bits per heavy atom. The standard InChI is InChI=1S/C15H13F3N2O2/c16-15(17,18)9-20-13(21)8-19-14(22)12-6-5-10-3-1-2-4-11(10)7-12/h1-7H,8-9H2,(H,19,22)(H,20,21). The van der Waals surface area contributed by atoms with E-state index in [2.05, 4.69) is 5.32 Å². The molecule has 0 aromatic heterocycles. The SMILES string of the molecule is O=C(CNC(=O)c1ccc2ccccc2c1)NCC(F)(F)F. The summed E-state index contributed by atoms with van der Waals surface area (Å²) in [7, 11) is 0. The van der Waals surface area contributed by atoms with Gasteiger partial charge in [-0.05, 0) is 22.9 Å². The average molecular weight is 310 g/mol. The predicted molar refractivity (Wildman–Crippen MR) is 75.3 cm³/mol. The van der Waals surface area contributed by atoms with Crippen LogP contribution in [0.2, 0.25) is 0 Å². The number of amides is 2. The number of rotatable bonds is 4. The van der Waals surface area contributed by atoms with Crippen molar-refractivity contribution in [1.29, 1.82) is 0 Å². The molecule has 0 saturated carbocycles. The number of benzene rings is 2. The van der Waals surface area contributed by atoms with Crippen molar-refractivity contribution in [2.45, 2.75) is 6.18 Å². The van der Waals surface area contributed by atoms with Gasteiger partial charge in [-0.3, -0.25) is 9.59 Å². The van der Waals surface area contributed by atoms with Crippen LogP contribution in [0.5, 0.6) is 0 Å². The van der Waals surface area contributed by atoms with Crippen molar-refractivity contribution in [2.75, 3.05) is 13.1 Å². The van der Waals surface area contributed by atoms with Gasteiger partial charge in [0.25, 0.3) is 5.91 Å². The fraction of sp³-hybridized carbons (Fsp3) is 0.200. The topological polar surface area (TPSA) is 58.2 Å². The van der Waals surface area contributed by atoms with Crippen LogP contribution in [0.25, 0.3) is 10.8 Å². The molecule has 2 N–H and O–H groups in total. The highest BCUT2D eigenvalue weighted by molar-refractivity contribution is 5.99. The first kappa shape index (κ1) is 15.8. The highest BCUT2D eigenvalue weighted by atomic mass is 19.4. The van der Waals surface area contributed by atoms with Gasteiger partial charge in [-0.15, -0.1) is 0 Å². The monoisotopic (exact) mass is 310 g/mol. The molecule has 0 radical (unpaired) electrons. The summed E-state index contributed by atoms with van der Waals surface area (Å²) < 4.78 is 35.8. The molecule has 0 aliphatic carbocycles. The van der Waals surface area contributed by atoms with Crippen LogP contribution in [-0.2, 0) is 4.79 Å². The van der Waals surface area contributed by atoms with Crippen LogP contribution in [0.1, 0.15) is 10.4 Å². The lowest BCUT2D eigenvalue weighted by Crippen LogP contribution is -2.40. The molecule has 0 bridgehead atoms. The van der Waals surface area contributed by atoms with Crippen molar-refractivity contribution in [1.82, 2.24) is 10.6 Å². The van der Waals surface area contributed by atoms with Gasteiger partial charge in [-0.2, -0.15) is 13.2 Å². The van der Waals surface area contributed by atoms with Crippen LogP contribution in [-0.4, -0.2) is 31.1 Å². The molecule has 2 aromatic rings. The number of alkyl halides is 3. The summed E-state index contributed by atoms with van der Waals surface area (Å²) in [5, 5.41) is 5.78. The Hall–Kier alpha value is -2.57. The number of carbonyl (C=O) groups is 2. The fourth-order valence-corrected chi connectivity index (χ4v) is 1.85. The molecule has 0 aliphatic rings. The van der Waals surface area contributed by atoms with Gasteiger partial charge >= 0.3 is 6.18 Å². The van der Waals surface area contributed by atoms with E-state index in [4.69, 9.17) is 0 Å². The van der Waals surface area contributed by atoms with Crippen molar-refractivity contribution in [3.8, 4) is 0 Å². The minimum atomic E-state index is -4.47. The molecule has 2 amide bonds. The number of hydrogen-bond acceptors (Lipinski definition) is 2. The molecular weight excluding hydrogens is 297 g/mol. The van der Waals surface area contributed by atoms with Crippen LogP contribution in [0.4, 0.5) is 13.2 Å². The van der Waals surface area contributed by atoms with E-state index in [1.807, 2.05) is 24.3 Å². The van der Waals surface area contributed by atoms with Gasteiger partial charge in [0.15, 0.2) is 0 Å². The van der Waals surface area contributed by atoms with Gasteiger partial charge in [0.05, 0.1) is 6.54 Å². The molecule has 0 atom stereocenters. The summed E-state index contributed by atoms with van der Waals surface area (Å²) >= 11 is 0. The van der Waals surface area contributed by atoms with Gasteiger partial charge in [0, 0.05) is 5.56 Å². The first-order valence-electron chi connectivity index (χ1n) is 6.45. The van der Waals surface area contributed by atoms with Gasteiger partial charge in [-0.1, -0.05) is 30.3 Å². The van der Waals surface area contributed by atoms with Crippen molar-refractivity contribution >= 4 is 22.6 Å². The summed E-state index contributed by atoms with van der Waals surface area (Å²) in [6, 6.07) is 12.4. The number of halogens is 3. The second kappa shape index (κ2) is 6.46. The third kappa shape index (κ3) is 4.47. The molecule has 2 aromatic carbocycles. The normalized spacial score (nSPS) is 11.2. The Labute approximate surface area is 124 Å². The molecule has 4 nitrogen and oxygen atoms in total. The summed E-state index contributed by atoms with van der Waals surface area (Å²) in [6.07, 6.45) is -4.47. The highest BCUT2D eigenvalue weighted by Crippen LogP contribution is 2.15. The van der Waals surface area contributed by atoms with E-state index in [1.54, 1.807) is 23.5 Å². The zero-order valence-electron chi connectivity index (χ0n) is 11.4. The Morgan fingerprint density at radius 3 is 2.32 bits per heavy atom. The minimum Gasteiger partial charge on any atom is -0.345 e. The Kier molecular flexibility index (Phi) is 4.65. The molecular formula is C15H13F3N2O2. The van der Waals surface area contributed by atoms with Crippen molar-refractivity contribution in [3.63, 3.8) is 0 Å². The van der Waals surface area contributed by atoms with Crippen LogP contribution < -0.4 is 10.6 Å². The smallest absolute Gasteiger partial charge is 0.345 e. The number of fused-ring (bicyclic) bond motifs is 1. The van der Waals surface area contributed by atoms with Crippen molar-refractivity contribution < 1.29 is 22.8 Å². The quantitative estimate of drug-likeness (QED) is 0.910. The van der Waals surface area contributed by atoms with Gasteiger partial charge < -0.3 is 10.6 Å². The average Bonchev–Trinajstić information content (AvgIpc) is 2.49. The lowest BCUT2D eigenvalue weighted by molar-refractivity contribution is -0.137. The number of nitrogens with one attached hydrogen (secondary N) is 2. The first-order valence-corrected chi connectivity index (χ1v) is 6.45. The maximum atomic E-state index is 11.9. The van der Waals surface area contributed by atoms with E-state index < -0.39 is 31.1 Å². The first-order chi connectivity index (χ1) is 10.3. The lowest BCUT2D eigenvalue weighted by atomic mass is 10.1. The van der Waals surface area contributed by atoms with Gasteiger partial charge in [0.1, 0.15) is 6.54 Å². The zero-order chi connectivity index (χ0) is 16.2. The zero-order valence-corrected chi connectivity index (χ0v) is 11.4. The van der Waals surface area contributed by atoms with Crippen LogP contribution in [0, 0.1) is 0 Å². The molecule has 7 heteroatoms. The summed E-state index contributed by atoms with van der Waals surface area (Å²) in [5.41, 5.74) is 0.335. The fourth-order valence-electron chi connectivity index (χ4n) is 1.85. The molecule has 2 rings (SSSR count).